The SMILES string of the molecule is CC(NCC1CCN(C)CC1)C1CCCCC1. The van der Waals surface area contributed by atoms with Crippen LogP contribution in [0.25, 0.3) is 0 Å². The van der Waals surface area contributed by atoms with Gasteiger partial charge in [-0.25, -0.2) is 0 Å². The van der Waals surface area contributed by atoms with Gasteiger partial charge in [0.1, 0.15) is 0 Å². The lowest BCUT2D eigenvalue weighted by atomic mass is 9.84. The first-order valence-corrected chi connectivity index (χ1v) is 7.67. The van der Waals surface area contributed by atoms with E-state index in [-0.39, 0.29) is 0 Å². The van der Waals surface area contributed by atoms with E-state index in [1.807, 2.05) is 0 Å². The molecule has 2 aliphatic rings. The number of hydrogen-bond acceptors (Lipinski definition) is 2. The summed E-state index contributed by atoms with van der Waals surface area (Å²) in [6.45, 7) is 6.25. The van der Waals surface area contributed by atoms with Crippen molar-refractivity contribution in [1.82, 2.24) is 10.2 Å². The number of piperidine rings is 1. The van der Waals surface area contributed by atoms with Gasteiger partial charge in [-0.15, -0.1) is 0 Å². The predicted molar refractivity (Wildman–Crippen MR) is 74.3 cm³/mol. The molecule has 1 aliphatic carbocycles. The Labute approximate surface area is 107 Å². The monoisotopic (exact) mass is 238 g/mol. The van der Waals surface area contributed by atoms with E-state index in [1.54, 1.807) is 0 Å². The number of nitrogens with zero attached hydrogens (tertiary/aromatic N) is 1. The Kier molecular flexibility index (Phi) is 5.30. The van der Waals surface area contributed by atoms with Crippen LogP contribution in [0.1, 0.15) is 51.9 Å². The second kappa shape index (κ2) is 6.75. The van der Waals surface area contributed by atoms with Crippen molar-refractivity contribution in [3.05, 3.63) is 0 Å². The molecular weight excluding hydrogens is 208 g/mol. The highest BCUT2D eigenvalue weighted by Gasteiger charge is 2.22. The quantitative estimate of drug-likeness (QED) is 0.810. The van der Waals surface area contributed by atoms with Crippen LogP contribution in [0.4, 0.5) is 0 Å². The van der Waals surface area contributed by atoms with Gasteiger partial charge in [0.05, 0.1) is 0 Å². The van der Waals surface area contributed by atoms with Crippen LogP contribution in [0.3, 0.4) is 0 Å². The molecule has 0 radical (unpaired) electrons. The van der Waals surface area contributed by atoms with Crippen LogP contribution in [0.15, 0.2) is 0 Å². The number of hydrogen-bond donors (Lipinski definition) is 1. The van der Waals surface area contributed by atoms with E-state index in [4.69, 9.17) is 0 Å². The van der Waals surface area contributed by atoms with Crippen molar-refractivity contribution >= 4 is 0 Å². The third-order valence-electron chi connectivity index (χ3n) is 4.92. The van der Waals surface area contributed by atoms with Crippen molar-refractivity contribution in [3.8, 4) is 0 Å². The van der Waals surface area contributed by atoms with E-state index in [0.29, 0.717) is 0 Å². The van der Waals surface area contributed by atoms with Crippen LogP contribution in [0.5, 0.6) is 0 Å². The molecule has 100 valence electrons. The molecule has 1 N–H and O–H groups in total. The van der Waals surface area contributed by atoms with Gasteiger partial charge >= 0.3 is 0 Å². The van der Waals surface area contributed by atoms with Gasteiger partial charge in [0.25, 0.3) is 0 Å². The van der Waals surface area contributed by atoms with Gasteiger partial charge in [-0.05, 0) is 71.1 Å². The highest BCUT2D eigenvalue weighted by Crippen LogP contribution is 2.26. The van der Waals surface area contributed by atoms with Crippen LogP contribution in [-0.4, -0.2) is 37.6 Å². The Morgan fingerprint density at radius 1 is 1.06 bits per heavy atom. The molecule has 0 aromatic carbocycles. The van der Waals surface area contributed by atoms with Gasteiger partial charge < -0.3 is 10.2 Å². The molecule has 0 aromatic heterocycles. The average Bonchev–Trinajstić information content (AvgIpc) is 2.39. The summed E-state index contributed by atoms with van der Waals surface area (Å²) in [5.74, 6) is 1.88. The summed E-state index contributed by atoms with van der Waals surface area (Å²) >= 11 is 0. The van der Waals surface area contributed by atoms with Crippen molar-refractivity contribution in [2.45, 2.75) is 57.9 Å². The zero-order valence-corrected chi connectivity index (χ0v) is 11.8. The smallest absolute Gasteiger partial charge is 0.00671 e. The number of rotatable bonds is 4. The zero-order valence-electron chi connectivity index (χ0n) is 11.8. The third-order valence-corrected chi connectivity index (χ3v) is 4.92. The molecule has 1 atom stereocenters. The first-order valence-electron chi connectivity index (χ1n) is 7.67. The van der Waals surface area contributed by atoms with Gasteiger partial charge in [-0.3, -0.25) is 0 Å². The summed E-state index contributed by atoms with van der Waals surface area (Å²) < 4.78 is 0. The van der Waals surface area contributed by atoms with Crippen LogP contribution >= 0.6 is 0 Å². The molecule has 0 bridgehead atoms. The minimum absolute atomic E-state index is 0.745. The maximum absolute atomic E-state index is 3.82. The lowest BCUT2D eigenvalue weighted by molar-refractivity contribution is 0.202. The van der Waals surface area contributed by atoms with E-state index in [0.717, 1.165) is 17.9 Å². The van der Waals surface area contributed by atoms with Crippen molar-refractivity contribution in [2.75, 3.05) is 26.7 Å². The topological polar surface area (TPSA) is 15.3 Å². The largest absolute Gasteiger partial charge is 0.314 e. The van der Waals surface area contributed by atoms with E-state index in [2.05, 4.69) is 24.2 Å². The standard InChI is InChI=1S/C15H30N2/c1-13(15-6-4-3-5-7-15)16-12-14-8-10-17(2)11-9-14/h13-16H,3-12H2,1-2H3. The molecule has 1 saturated carbocycles. The lowest BCUT2D eigenvalue weighted by Crippen LogP contribution is -2.40. The first kappa shape index (κ1) is 13.4. The molecule has 1 aliphatic heterocycles. The molecule has 0 aromatic rings. The Hall–Kier alpha value is -0.0800. The van der Waals surface area contributed by atoms with Crippen LogP contribution in [-0.2, 0) is 0 Å². The van der Waals surface area contributed by atoms with Gasteiger partial charge in [-0.2, -0.15) is 0 Å². The average molecular weight is 238 g/mol. The summed E-state index contributed by atoms with van der Waals surface area (Å²) in [5.41, 5.74) is 0. The van der Waals surface area contributed by atoms with Crippen LogP contribution in [0.2, 0.25) is 0 Å². The van der Waals surface area contributed by atoms with Crippen LogP contribution < -0.4 is 5.32 Å². The molecule has 2 fully saturated rings. The molecule has 1 saturated heterocycles. The second-order valence-electron chi connectivity index (χ2n) is 6.34. The molecule has 1 heterocycles. The molecule has 2 rings (SSSR count). The summed E-state index contributed by atoms with van der Waals surface area (Å²) in [7, 11) is 2.24. The van der Waals surface area contributed by atoms with Crippen LogP contribution in [0, 0.1) is 11.8 Å². The fraction of sp³-hybridized carbons (Fsp3) is 1.00. The minimum Gasteiger partial charge on any atom is -0.314 e. The predicted octanol–water partition coefficient (Wildman–Crippen LogP) is 2.89. The van der Waals surface area contributed by atoms with Crippen molar-refractivity contribution in [3.63, 3.8) is 0 Å². The molecule has 0 spiro atoms. The number of likely N-dealkylation sites (tertiary alicyclic amines) is 1. The first-order chi connectivity index (χ1) is 8.25. The molecule has 0 amide bonds. The molecule has 2 nitrogen and oxygen atoms in total. The molecular formula is C15H30N2. The fourth-order valence-electron chi connectivity index (χ4n) is 3.42. The molecule has 2 heteroatoms. The Morgan fingerprint density at radius 2 is 1.71 bits per heavy atom. The highest BCUT2D eigenvalue weighted by molar-refractivity contribution is 4.78. The van der Waals surface area contributed by atoms with E-state index >= 15 is 0 Å². The Balaban J connectivity index is 1.63. The van der Waals surface area contributed by atoms with Gasteiger partial charge in [-0.1, -0.05) is 19.3 Å². The van der Waals surface area contributed by atoms with Crippen molar-refractivity contribution in [2.24, 2.45) is 11.8 Å². The summed E-state index contributed by atoms with van der Waals surface area (Å²) in [5, 5.41) is 3.82. The zero-order chi connectivity index (χ0) is 12.1. The fourth-order valence-corrected chi connectivity index (χ4v) is 3.42. The lowest BCUT2D eigenvalue weighted by Gasteiger charge is -2.32. The molecule has 17 heavy (non-hydrogen) atoms. The van der Waals surface area contributed by atoms with Crippen molar-refractivity contribution in [1.29, 1.82) is 0 Å². The van der Waals surface area contributed by atoms with E-state index < -0.39 is 0 Å². The second-order valence-corrected chi connectivity index (χ2v) is 6.34. The van der Waals surface area contributed by atoms with Gasteiger partial charge in [0.15, 0.2) is 0 Å². The van der Waals surface area contributed by atoms with E-state index in [9.17, 15) is 0 Å². The third kappa shape index (κ3) is 4.26. The normalized spacial score (nSPS) is 27.2. The minimum atomic E-state index is 0.745. The van der Waals surface area contributed by atoms with Gasteiger partial charge in [0.2, 0.25) is 0 Å². The Morgan fingerprint density at radius 3 is 2.35 bits per heavy atom. The maximum Gasteiger partial charge on any atom is 0.00671 e. The summed E-state index contributed by atoms with van der Waals surface area (Å²) in [6, 6.07) is 0.745. The maximum atomic E-state index is 3.82. The Bertz CT molecular complexity index is 203. The summed E-state index contributed by atoms with van der Waals surface area (Å²) in [6.07, 6.45) is 10.1. The highest BCUT2D eigenvalue weighted by atomic mass is 15.1. The van der Waals surface area contributed by atoms with E-state index in [1.165, 1.54) is 64.6 Å². The van der Waals surface area contributed by atoms with Gasteiger partial charge in [0, 0.05) is 6.04 Å². The summed E-state index contributed by atoms with van der Waals surface area (Å²) in [4.78, 5) is 2.46. The number of nitrogens with one attached hydrogen (secondary N) is 1. The molecule has 1 unspecified atom stereocenters. The van der Waals surface area contributed by atoms with Crippen molar-refractivity contribution < 1.29 is 0 Å².